The molecule has 0 radical (unpaired) electrons. The largest absolute Gasteiger partial charge is 0.389 e. The Morgan fingerprint density at radius 3 is 2.38 bits per heavy atom. The minimum atomic E-state index is -4.44. The van der Waals surface area contributed by atoms with E-state index in [0.717, 1.165) is 32.1 Å². The van der Waals surface area contributed by atoms with Crippen LogP contribution in [-0.4, -0.2) is 53.5 Å². The van der Waals surface area contributed by atoms with Crippen molar-refractivity contribution >= 4 is 17.5 Å². The maximum Gasteiger partial charge on any atom is 0.389 e. The SMILES string of the molecule is N#CC12CC(Cn3ncc(C(=O)N[C@H](c4cn5ncc([C@H](NC(=O)CCC(F)(F)F)C6CC6)cc5n4)C4CCC(F)(F)CC4)n3)(C1)C2. The summed E-state index contributed by atoms with van der Waals surface area (Å²) in [6, 6.07) is 2.81. The molecule has 3 aromatic rings. The Hall–Kier alpha value is -4.16. The van der Waals surface area contributed by atoms with Crippen LogP contribution in [0.3, 0.4) is 0 Å². The van der Waals surface area contributed by atoms with Crippen LogP contribution < -0.4 is 10.6 Å². The molecule has 5 aliphatic carbocycles. The summed E-state index contributed by atoms with van der Waals surface area (Å²) < 4.78 is 67.7. The van der Waals surface area contributed by atoms with Crippen LogP contribution in [0.1, 0.15) is 104 Å². The van der Waals surface area contributed by atoms with Gasteiger partial charge in [-0.2, -0.15) is 33.4 Å². The second-order valence-corrected chi connectivity index (χ2v) is 14.1. The number of amides is 2. The summed E-state index contributed by atoms with van der Waals surface area (Å²) in [6.07, 6.45) is 1.88. The number of rotatable bonds is 11. The monoisotopic (exact) mass is 659 g/mol. The van der Waals surface area contributed by atoms with E-state index >= 15 is 0 Å². The van der Waals surface area contributed by atoms with Crippen LogP contribution in [0, 0.1) is 34.0 Å². The lowest BCUT2D eigenvalue weighted by Gasteiger charge is -2.66. The summed E-state index contributed by atoms with van der Waals surface area (Å²) in [5, 5.41) is 28.0. The Morgan fingerprint density at radius 1 is 1.02 bits per heavy atom. The molecule has 250 valence electrons. The molecule has 3 heterocycles. The number of carbonyl (C=O) groups is 2. The zero-order valence-electron chi connectivity index (χ0n) is 25.4. The third-order valence-electron chi connectivity index (χ3n) is 10.2. The number of aromatic nitrogens is 6. The average molecular weight is 660 g/mol. The average Bonchev–Trinajstić information content (AvgIpc) is 3.55. The van der Waals surface area contributed by atoms with Gasteiger partial charge in [0.15, 0.2) is 11.3 Å². The number of nitrogens with zero attached hydrogens (tertiary/aromatic N) is 7. The molecule has 2 atom stereocenters. The van der Waals surface area contributed by atoms with Gasteiger partial charge < -0.3 is 10.6 Å². The van der Waals surface area contributed by atoms with E-state index in [4.69, 9.17) is 4.98 Å². The van der Waals surface area contributed by atoms with Crippen molar-refractivity contribution in [1.82, 2.24) is 40.2 Å². The summed E-state index contributed by atoms with van der Waals surface area (Å²) in [5.41, 5.74) is 1.24. The van der Waals surface area contributed by atoms with Crippen molar-refractivity contribution in [3.8, 4) is 6.07 Å². The lowest BCUT2D eigenvalue weighted by Crippen LogP contribution is -2.62. The highest BCUT2D eigenvalue weighted by atomic mass is 19.4. The van der Waals surface area contributed by atoms with Gasteiger partial charge in [0.25, 0.3) is 5.91 Å². The maximum atomic E-state index is 14.1. The lowest BCUT2D eigenvalue weighted by atomic mass is 9.36. The molecule has 0 spiro atoms. The first-order valence-corrected chi connectivity index (χ1v) is 15.9. The summed E-state index contributed by atoms with van der Waals surface area (Å²) in [4.78, 5) is 32.0. The van der Waals surface area contributed by atoms with Crippen molar-refractivity contribution in [2.24, 2.45) is 22.7 Å². The second-order valence-electron chi connectivity index (χ2n) is 14.1. The van der Waals surface area contributed by atoms with Gasteiger partial charge in [-0.05, 0) is 73.8 Å². The van der Waals surface area contributed by atoms with Gasteiger partial charge in [-0.1, -0.05) is 0 Å². The number of nitrogens with one attached hydrogen (secondary N) is 2. The first-order valence-electron chi connectivity index (χ1n) is 15.9. The Balaban J connectivity index is 1.09. The standard InChI is InChI=1S/C31H34F5N9O2/c32-30(33)6-3-19(4-7-30)26(42-27(47)21-11-39-45(43-21)17-29-13-28(14-29,15-29)16-37)22-12-44-23(40-22)9-20(10-38-44)25(18-1-2-18)41-24(46)5-8-31(34,35)36/h9-12,18-19,25-26H,1-8,13-15,17H2,(H,41,46)(H,42,47)/t25-,26+,28?,29?/m1/s1. The molecule has 5 saturated carbocycles. The van der Waals surface area contributed by atoms with Crippen LogP contribution in [0.15, 0.2) is 24.7 Å². The van der Waals surface area contributed by atoms with E-state index in [1.165, 1.54) is 21.7 Å². The van der Waals surface area contributed by atoms with Crippen molar-refractivity contribution < 1.29 is 31.5 Å². The van der Waals surface area contributed by atoms with Crippen molar-refractivity contribution in [3.05, 3.63) is 41.6 Å². The molecule has 5 aliphatic rings. The zero-order chi connectivity index (χ0) is 33.2. The van der Waals surface area contributed by atoms with Gasteiger partial charge in [0, 0.05) is 19.3 Å². The van der Waals surface area contributed by atoms with Crippen LogP contribution in [0.4, 0.5) is 22.0 Å². The minimum Gasteiger partial charge on any atom is -0.349 e. The third kappa shape index (κ3) is 6.53. The van der Waals surface area contributed by atoms with E-state index in [-0.39, 0.29) is 54.0 Å². The van der Waals surface area contributed by atoms with Crippen molar-refractivity contribution in [3.63, 3.8) is 0 Å². The van der Waals surface area contributed by atoms with Crippen LogP contribution >= 0.6 is 0 Å². The van der Waals surface area contributed by atoms with Crippen LogP contribution in [0.2, 0.25) is 0 Å². The van der Waals surface area contributed by atoms with E-state index in [1.807, 2.05) is 0 Å². The molecular formula is C31H34F5N9O2. The Bertz CT molecular complexity index is 1710. The molecule has 8 rings (SSSR count). The smallest absolute Gasteiger partial charge is 0.349 e. The van der Waals surface area contributed by atoms with Crippen molar-refractivity contribution in [1.29, 1.82) is 5.26 Å². The Kier molecular flexibility index (Phi) is 7.51. The molecule has 0 saturated heterocycles. The Labute approximate surface area is 266 Å². The first kappa shape index (κ1) is 31.4. The summed E-state index contributed by atoms with van der Waals surface area (Å²) in [7, 11) is 0. The fraction of sp³-hybridized carbons (Fsp3) is 0.645. The summed E-state index contributed by atoms with van der Waals surface area (Å²) in [6.45, 7) is 0.510. The molecule has 3 aromatic heterocycles. The topological polar surface area (TPSA) is 143 Å². The minimum absolute atomic E-state index is 0.00879. The molecular weight excluding hydrogens is 625 g/mol. The number of hydrogen-bond acceptors (Lipinski definition) is 7. The fourth-order valence-electron chi connectivity index (χ4n) is 7.74. The number of alkyl halides is 5. The van der Waals surface area contributed by atoms with Gasteiger partial charge in [-0.15, -0.1) is 5.10 Å². The van der Waals surface area contributed by atoms with E-state index in [1.54, 1.807) is 12.3 Å². The van der Waals surface area contributed by atoms with E-state index < -0.39 is 48.8 Å². The molecule has 0 aliphatic heterocycles. The zero-order valence-corrected chi connectivity index (χ0v) is 25.4. The fourth-order valence-corrected chi connectivity index (χ4v) is 7.74. The molecule has 2 amide bonds. The van der Waals surface area contributed by atoms with Crippen LogP contribution in [0.25, 0.3) is 5.65 Å². The van der Waals surface area contributed by atoms with Gasteiger partial charge in [-0.3, -0.25) is 9.59 Å². The quantitative estimate of drug-likeness (QED) is 0.269. The first-order chi connectivity index (χ1) is 22.2. The third-order valence-corrected chi connectivity index (χ3v) is 10.2. The molecule has 5 fully saturated rings. The van der Waals surface area contributed by atoms with E-state index in [2.05, 4.69) is 32.0 Å². The highest BCUT2D eigenvalue weighted by Gasteiger charge is 2.68. The van der Waals surface area contributed by atoms with Gasteiger partial charge >= 0.3 is 6.18 Å². The van der Waals surface area contributed by atoms with E-state index in [9.17, 15) is 36.8 Å². The highest BCUT2D eigenvalue weighted by molar-refractivity contribution is 5.92. The number of carbonyl (C=O) groups excluding carboxylic acids is 2. The number of nitriles is 1. The number of halogens is 5. The predicted octanol–water partition coefficient (Wildman–Crippen LogP) is 5.22. The molecule has 2 bridgehead atoms. The summed E-state index contributed by atoms with van der Waals surface area (Å²) in [5.74, 6) is -4.28. The van der Waals surface area contributed by atoms with Crippen LogP contribution in [0.5, 0.6) is 0 Å². The van der Waals surface area contributed by atoms with Gasteiger partial charge in [0.05, 0.1) is 60.8 Å². The number of hydrogen-bond donors (Lipinski definition) is 2. The van der Waals surface area contributed by atoms with Gasteiger partial charge in [0.1, 0.15) is 0 Å². The summed E-state index contributed by atoms with van der Waals surface area (Å²) >= 11 is 0. The van der Waals surface area contributed by atoms with E-state index in [0.29, 0.717) is 23.4 Å². The van der Waals surface area contributed by atoms with Crippen LogP contribution in [-0.2, 0) is 11.3 Å². The molecule has 0 unspecified atom stereocenters. The highest BCUT2D eigenvalue weighted by Crippen LogP contribution is 2.73. The normalized spacial score (nSPS) is 26.5. The molecule has 11 nitrogen and oxygen atoms in total. The molecule has 47 heavy (non-hydrogen) atoms. The molecule has 16 heteroatoms. The lowest BCUT2D eigenvalue weighted by molar-refractivity contribution is -0.175. The number of fused-ring (bicyclic) bond motifs is 1. The molecule has 0 aromatic carbocycles. The Morgan fingerprint density at radius 2 is 1.72 bits per heavy atom. The maximum absolute atomic E-state index is 14.1. The number of imidazole rings is 1. The predicted molar refractivity (Wildman–Crippen MR) is 153 cm³/mol. The second kappa shape index (κ2) is 11.2. The molecule has 2 N–H and O–H groups in total. The van der Waals surface area contributed by atoms with Gasteiger partial charge in [0.2, 0.25) is 11.8 Å². The van der Waals surface area contributed by atoms with Crippen molar-refractivity contribution in [2.45, 2.75) is 101 Å². The van der Waals surface area contributed by atoms with Gasteiger partial charge in [-0.25, -0.2) is 18.3 Å². The van der Waals surface area contributed by atoms with Crippen molar-refractivity contribution in [2.75, 3.05) is 0 Å².